The van der Waals surface area contributed by atoms with Gasteiger partial charge in [-0.25, -0.2) is 8.42 Å². The molecule has 0 bridgehead atoms. The van der Waals surface area contributed by atoms with E-state index in [1.807, 2.05) is 4.90 Å². The number of carbonyl (C=O) groups excluding carboxylic acids is 1. The van der Waals surface area contributed by atoms with Gasteiger partial charge in [-0.05, 0) is 25.0 Å². The summed E-state index contributed by atoms with van der Waals surface area (Å²) in [7, 11) is -3.44. The Kier molecular flexibility index (Phi) is 5.02. The predicted octanol–water partition coefficient (Wildman–Crippen LogP) is 2.10. The minimum Gasteiger partial charge on any atom is -0.340 e. The standard InChI is InChI=1S/C17H24N2O3S/c20-17(15-7-3-1-4-8-15)18-11-13-19(14-12-18)23(21,22)16-9-5-2-6-10-16/h2,5-6,9-10,15H,1,3-4,7-8,11-14H2. The van der Waals surface area contributed by atoms with E-state index >= 15 is 0 Å². The monoisotopic (exact) mass is 336 g/mol. The van der Waals surface area contributed by atoms with Gasteiger partial charge in [-0.3, -0.25) is 4.79 Å². The summed E-state index contributed by atoms with van der Waals surface area (Å²) in [6.45, 7) is 1.77. The fourth-order valence-electron chi connectivity index (χ4n) is 3.50. The fraction of sp³-hybridized carbons (Fsp3) is 0.588. The molecule has 3 rings (SSSR count). The molecule has 1 aromatic rings. The van der Waals surface area contributed by atoms with Gasteiger partial charge >= 0.3 is 0 Å². The first-order valence-electron chi connectivity index (χ1n) is 8.43. The molecule has 1 aliphatic heterocycles. The highest BCUT2D eigenvalue weighted by Crippen LogP contribution is 2.26. The Bertz CT molecular complexity index is 631. The van der Waals surface area contributed by atoms with Crippen molar-refractivity contribution in [2.24, 2.45) is 5.92 Å². The van der Waals surface area contributed by atoms with Crippen molar-refractivity contribution in [1.29, 1.82) is 0 Å². The summed E-state index contributed by atoms with van der Waals surface area (Å²) in [5.74, 6) is 0.377. The highest BCUT2D eigenvalue weighted by molar-refractivity contribution is 7.89. The van der Waals surface area contributed by atoms with Crippen molar-refractivity contribution in [3.8, 4) is 0 Å². The van der Waals surface area contributed by atoms with Gasteiger partial charge in [-0.15, -0.1) is 0 Å². The van der Waals surface area contributed by atoms with Crippen LogP contribution in [0, 0.1) is 5.92 Å². The van der Waals surface area contributed by atoms with E-state index in [1.54, 1.807) is 30.3 Å². The molecule has 23 heavy (non-hydrogen) atoms. The number of rotatable bonds is 3. The second kappa shape index (κ2) is 7.01. The largest absolute Gasteiger partial charge is 0.340 e. The van der Waals surface area contributed by atoms with Crippen LogP contribution in [0.1, 0.15) is 32.1 Å². The third-order valence-electron chi connectivity index (χ3n) is 4.89. The third-order valence-corrected chi connectivity index (χ3v) is 6.80. The van der Waals surface area contributed by atoms with E-state index in [0.717, 1.165) is 25.7 Å². The van der Waals surface area contributed by atoms with Crippen LogP contribution in [0.15, 0.2) is 35.2 Å². The lowest BCUT2D eigenvalue weighted by molar-refractivity contribution is -0.137. The van der Waals surface area contributed by atoms with E-state index in [9.17, 15) is 13.2 Å². The minimum absolute atomic E-state index is 0.154. The number of amides is 1. The van der Waals surface area contributed by atoms with Crippen molar-refractivity contribution in [3.05, 3.63) is 30.3 Å². The molecule has 0 unspecified atom stereocenters. The van der Waals surface area contributed by atoms with E-state index in [1.165, 1.54) is 10.7 Å². The van der Waals surface area contributed by atoms with E-state index in [0.29, 0.717) is 31.1 Å². The minimum atomic E-state index is -3.44. The molecule has 0 radical (unpaired) electrons. The molecule has 1 saturated heterocycles. The molecule has 2 aliphatic rings. The predicted molar refractivity (Wildman–Crippen MR) is 88.4 cm³/mol. The summed E-state index contributed by atoms with van der Waals surface area (Å²) >= 11 is 0. The van der Waals surface area contributed by atoms with Gasteiger partial charge in [-0.1, -0.05) is 37.5 Å². The summed E-state index contributed by atoms with van der Waals surface area (Å²) in [5, 5.41) is 0. The van der Waals surface area contributed by atoms with E-state index < -0.39 is 10.0 Å². The Morgan fingerprint density at radius 2 is 1.52 bits per heavy atom. The first-order valence-corrected chi connectivity index (χ1v) is 9.87. The van der Waals surface area contributed by atoms with Crippen LogP contribution in [0.4, 0.5) is 0 Å². The van der Waals surface area contributed by atoms with Crippen LogP contribution >= 0.6 is 0 Å². The molecule has 1 saturated carbocycles. The molecule has 1 amide bonds. The van der Waals surface area contributed by atoms with Crippen LogP contribution in [0.2, 0.25) is 0 Å². The highest BCUT2D eigenvalue weighted by atomic mass is 32.2. The highest BCUT2D eigenvalue weighted by Gasteiger charge is 2.32. The molecule has 5 nitrogen and oxygen atoms in total. The van der Waals surface area contributed by atoms with Crippen LogP contribution < -0.4 is 0 Å². The molecule has 0 aromatic heterocycles. The Morgan fingerprint density at radius 1 is 0.913 bits per heavy atom. The number of nitrogens with zero attached hydrogens (tertiary/aromatic N) is 2. The van der Waals surface area contributed by atoms with E-state index in [4.69, 9.17) is 0 Å². The third kappa shape index (κ3) is 3.58. The molecule has 6 heteroatoms. The summed E-state index contributed by atoms with van der Waals surface area (Å²) in [4.78, 5) is 14.7. The average Bonchev–Trinajstić information content (AvgIpc) is 2.63. The summed E-state index contributed by atoms with van der Waals surface area (Å²) in [6, 6.07) is 8.51. The van der Waals surface area contributed by atoms with Gasteiger partial charge in [0, 0.05) is 32.1 Å². The number of benzene rings is 1. The van der Waals surface area contributed by atoms with Gasteiger partial charge < -0.3 is 4.90 Å². The summed E-state index contributed by atoms with van der Waals surface area (Å²) in [5.41, 5.74) is 0. The summed E-state index contributed by atoms with van der Waals surface area (Å²) in [6.07, 6.45) is 5.48. The van der Waals surface area contributed by atoms with E-state index in [2.05, 4.69) is 0 Å². The lowest BCUT2D eigenvalue weighted by Crippen LogP contribution is -2.52. The number of hydrogen-bond donors (Lipinski definition) is 0. The quantitative estimate of drug-likeness (QED) is 0.849. The molecule has 1 aromatic carbocycles. The molecular formula is C17H24N2O3S. The Balaban J connectivity index is 1.61. The van der Waals surface area contributed by atoms with E-state index in [-0.39, 0.29) is 11.8 Å². The molecule has 0 N–H and O–H groups in total. The van der Waals surface area contributed by atoms with Crippen molar-refractivity contribution < 1.29 is 13.2 Å². The molecular weight excluding hydrogens is 312 g/mol. The summed E-state index contributed by atoms with van der Waals surface area (Å²) < 4.78 is 26.7. The lowest BCUT2D eigenvalue weighted by atomic mass is 9.88. The van der Waals surface area contributed by atoms with Crippen molar-refractivity contribution in [3.63, 3.8) is 0 Å². The number of hydrogen-bond acceptors (Lipinski definition) is 3. The number of carbonyl (C=O) groups is 1. The first-order chi connectivity index (χ1) is 11.1. The first kappa shape index (κ1) is 16.5. The zero-order chi connectivity index (χ0) is 16.3. The van der Waals surface area contributed by atoms with Gasteiger partial charge in [0.15, 0.2) is 0 Å². The second-order valence-electron chi connectivity index (χ2n) is 6.38. The maximum atomic E-state index is 12.6. The topological polar surface area (TPSA) is 57.7 Å². The number of sulfonamides is 1. The van der Waals surface area contributed by atoms with Crippen molar-refractivity contribution >= 4 is 15.9 Å². The molecule has 126 valence electrons. The van der Waals surface area contributed by atoms with Crippen molar-refractivity contribution in [2.45, 2.75) is 37.0 Å². The van der Waals surface area contributed by atoms with Crippen molar-refractivity contribution in [2.75, 3.05) is 26.2 Å². The number of piperazine rings is 1. The molecule has 2 fully saturated rings. The smallest absolute Gasteiger partial charge is 0.243 e. The maximum absolute atomic E-state index is 12.6. The van der Waals surface area contributed by atoms with Gasteiger partial charge in [0.25, 0.3) is 0 Å². The Hall–Kier alpha value is -1.40. The van der Waals surface area contributed by atoms with Crippen LogP contribution in [-0.4, -0.2) is 49.7 Å². The normalized spacial score (nSPS) is 21.3. The van der Waals surface area contributed by atoms with Gasteiger partial charge in [-0.2, -0.15) is 4.31 Å². The lowest BCUT2D eigenvalue weighted by Gasteiger charge is -2.36. The Morgan fingerprint density at radius 3 is 2.13 bits per heavy atom. The zero-order valence-electron chi connectivity index (χ0n) is 13.4. The van der Waals surface area contributed by atoms with Crippen LogP contribution in [-0.2, 0) is 14.8 Å². The molecule has 1 aliphatic carbocycles. The van der Waals surface area contributed by atoms with Crippen LogP contribution in [0.3, 0.4) is 0 Å². The van der Waals surface area contributed by atoms with Crippen molar-refractivity contribution in [1.82, 2.24) is 9.21 Å². The van der Waals surface area contributed by atoms with Crippen LogP contribution in [0.5, 0.6) is 0 Å². The van der Waals surface area contributed by atoms with Gasteiger partial charge in [0.1, 0.15) is 0 Å². The van der Waals surface area contributed by atoms with Crippen LogP contribution in [0.25, 0.3) is 0 Å². The van der Waals surface area contributed by atoms with Gasteiger partial charge in [0.2, 0.25) is 15.9 Å². The molecule has 0 spiro atoms. The SMILES string of the molecule is O=C(C1CCCCC1)N1CCN(S(=O)(=O)c2ccccc2)CC1. The molecule has 0 atom stereocenters. The zero-order valence-corrected chi connectivity index (χ0v) is 14.2. The maximum Gasteiger partial charge on any atom is 0.243 e. The second-order valence-corrected chi connectivity index (χ2v) is 8.32. The fourth-order valence-corrected chi connectivity index (χ4v) is 4.94. The van der Waals surface area contributed by atoms with Gasteiger partial charge in [0.05, 0.1) is 4.90 Å². The average molecular weight is 336 g/mol. The Labute approximate surface area is 138 Å². The molecule has 1 heterocycles.